The van der Waals surface area contributed by atoms with E-state index in [-0.39, 0.29) is 14.9 Å². The van der Waals surface area contributed by atoms with Crippen LogP contribution < -0.4 is 5.32 Å². The van der Waals surface area contributed by atoms with Crippen LogP contribution in [0.15, 0.2) is 30.6 Å². The van der Waals surface area contributed by atoms with Crippen molar-refractivity contribution in [1.82, 2.24) is 9.78 Å². The van der Waals surface area contributed by atoms with E-state index in [0.717, 1.165) is 6.07 Å². The number of halogens is 2. The lowest BCUT2D eigenvalue weighted by Crippen LogP contribution is -2.12. The molecule has 0 saturated carbocycles. The molecule has 0 bridgehead atoms. The monoisotopic (exact) mass is 376 g/mol. The lowest BCUT2D eigenvalue weighted by Gasteiger charge is -2.08. The molecule has 0 radical (unpaired) electrons. The van der Waals surface area contributed by atoms with Crippen molar-refractivity contribution in [3.05, 3.63) is 50.1 Å². The van der Waals surface area contributed by atoms with Gasteiger partial charge in [-0.15, -0.1) is 0 Å². The van der Waals surface area contributed by atoms with Crippen molar-refractivity contribution in [2.75, 3.05) is 11.9 Å². The summed E-state index contributed by atoms with van der Waals surface area (Å²) >= 11 is 1.72. The number of nitrogens with one attached hydrogen (secondary N) is 1. The summed E-state index contributed by atoms with van der Waals surface area (Å²) in [5, 5.41) is 17.8. The van der Waals surface area contributed by atoms with E-state index in [4.69, 9.17) is 0 Å². The zero-order chi connectivity index (χ0) is 13.8. The Bertz CT molecular complexity index is 589. The predicted molar refractivity (Wildman–Crippen MR) is 76.5 cm³/mol. The Morgan fingerprint density at radius 3 is 2.95 bits per heavy atom. The molecule has 100 valence electrons. The second-order valence-electron chi connectivity index (χ2n) is 3.74. The molecule has 0 atom stereocenters. The molecule has 1 N–H and O–H groups in total. The van der Waals surface area contributed by atoms with Crippen molar-refractivity contribution in [3.63, 3.8) is 0 Å². The van der Waals surface area contributed by atoms with E-state index in [1.165, 1.54) is 6.07 Å². The SMILES string of the molecule is O=[N+]([O-])c1cc(I)c(F)cc1NCCn1cccn1. The smallest absolute Gasteiger partial charge is 0.293 e. The molecule has 1 heterocycles. The number of rotatable bonds is 5. The minimum absolute atomic E-state index is 0.133. The predicted octanol–water partition coefficient (Wildman–Crippen LogP) is 2.65. The van der Waals surface area contributed by atoms with E-state index in [1.807, 2.05) is 0 Å². The van der Waals surface area contributed by atoms with Gasteiger partial charge in [0.15, 0.2) is 0 Å². The molecule has 1 aromatic carbocycles. The first kappa shape index (κ1) is 13.7. The number of hydrogen-bond donors (Lipinski definition) is 1. The lowest BCUT2D eigenvalue weighted by molar-refractivity contribution is -0.384. The van der Waals surface area contributed by atoms with Crippen LogP contribution in [-0.4, -0.2) is 21.2 Å². The molecular formula is C11H10FIN4O2. The molecule has 0 spiro atoms. The zero-order valence-corrected chi connectivity index (χ0v) is 11.9. The van der Waals surface area contributed by atoms with Gasteiger partial charge in [-0.2, -0.15) is 5.10 Å². The number of aromatic nitrogens is 2. The molecule has 0 aliphatic heterocycles. The lowest BCUT2D eigenvalue weighted by atomic mass is 10.2. The molecule has 0 aliphatic rings. The Labute approximate surface area is 121 Å². The number of anilines is 1. The van der Waals surface area contributed by atoms with Gasteiger partial charge in [-0.05, 0) is 28.7 Å². The van der Waals surface area contributed by atoms with Crippen LogP contribution in [0, 0.1) is 19.5 Å². The maximum Gasteiger partial charge on any atom is 0.293 e. The highest BCUT2D eigenvalue weighted by Gasteiger charge is 2.17. The van der Waals surface area contributed by atoms with Crippen molar-refractivity contribution in [3.8, 4) is 0 Å². The highest BCUT2D eigenvalue weighted by molar-refractivity contribution is 14.1. The molecule has 2 rings (SSSR count). The van der Waals surface area contributed by atoms with Gasteiger partial charge in [0, 0.05) is 31.1 Å². The maximum absolute atomic E-state index is 13.4. The zero-order valence-electron chi connectivity index (χ0n) is 9.72. The number of nitro groups is 1. The van der Waals surface area contributed by atoms with Crippen LogP contribution in [-0.2, 0) is 6.54 Å². The topological polar surface area (TPSA) is 73.0 Å². The van der Waals surface area contributed by atoms with Crippen LogP contribution in [0.3, 0.4) is 0 Å². The summed E-state index contributed by atoms with van der Waals surface area (Å²) in [6.07, 6.45) is 3.43. The molecule has 0 amide bonds. The van der Waals surface area contributed by atoms with Crippen LogP contribution in [0.25, 0.3) is 0 Å². The molecule has 1 aromatic heterocycles. The number of nitrogens with zero attached hydrogens (tertiary/aromatic N) is 3. The highest BCUT2D eigenvalue weighted by atomic mass is 127. The first-order valence-electron chi connectivity index (χ1n) is 5.42. The molecule has 2 aromatic rings. The van der Waals surface area contributed by atoms with E-state index in [1.54, 1.807) is 45.7 Å². The largest absolute Gasteiger partial charge is 0.378 e. The van der Waals surface area contributed by atoms with Gasteiger partial charge in [-0.25, -0.2) is 4.39 Å². The van der Waals surface area contributed by atoms with Gasteiger partial charge in [0.2, 0.25) is 0 Å². The Hall–Kier alpha value is -1.71. The van der Waals surface area contributed by atoms with Crippen molar-refractivity contribution in [2.45, 2.75) is 6.54 Å². The summed E-state index contributed by atoms with van der Waals surface area (Å²) in [4.78, 5) is 10.4. The highest BCUT2D eigenvalue weighted by Crippen LogP contribution is 2.28. The van der Waals surface area contributed by atoms with Gasteiger partial charge < -0.3 is 5.32 Å². The van der Waals surface area contributed by atoms with E-state index in [2.05, 4.69) is 10.4 Å². The van der Waals surface area contributed by atoms with Gasteiger partial charge >= 0.3 is 0 Å². The van der Waals surface area contributed by atoms with Crippen LogP contribution in [0.1, 0.15) is 0 Å². The number of benzene rings is 1. The average Bonchev–Trinajstić information content (AvgIpc) is 2.86. The van der Waals surface area contributed by atoms with E-state index in [9.17, 15) is 14.5 Å². The summed E-state index contributed by atoms with van der Waals surface area (Å²) in [5.41, 5.74) is 0.0429. The van der Waals surface area contributed by atoms with Crippen LogP contribution in [0.4, 0.5) is 15.8 Å². The molecule has 0 aliphatic carbocycles. The first-order valence-corrected chi connectivity index (χ1v) is 6.50. The minimum Gasteiger partial charge on any atom is -0.378 e. The van der Waals surface area contributed by atoms with E-state index in [0.29, 0.717) is 13.1 Å². The molecule has 0 fully saturated rings. The molecule has 0 saturated heterocycles. The maximum atomic E-state index is 13.4. The summed E-state index contributed by atoms with van der Waals surface area (Å²) in [6.45, 7) is 0.959. The summed E-state index contributed by atoms with van der Waals surface area (Å²) < 4.78 is 15.3. The van der Waals surface area contributed by atoms with Crippen LogP contribution >= 0.6 is 22.6 Å². The Balaban J connectivity index is 2.10. The van der Waals surface area contributed by atoms with Gasteiger partial charge in [0.1, 0.15) is 11.5 Å². The third-order valence-corrected chi connectivity index (χ3v) is 3.28. The van der Waals surface area contributed by atoms with Gasteiger partial charge in [-0.3, -0.25) is 14.8 Å². The van der Waals surface area contributed by atoms with Crippen LogP contribution in [0.5, 0.6) is 0 Å². The van der Waals surface area contributed by atoms with Crippen molar-refractivity contribution in [2.24, 2.45) is 0 Å². The normalized spacial score (nSPS) is 10.4. The standard InChI is InChI=1S/C11H10FIN4O2/c12-8-6-10(11(17(18)19)7-9(8)13)14-3-5-16-4-1-2-15-16/h1-2,4,6-7,14H,3,5H2. The quantitative estimate of drug-likeness (QED) is 0.495. The first-order chi connectivity index (χ1) is 9.08. The third-order valence-electron chi connectivity index (χ3n) is 2.45. The summed E-state index contributed by atoms with van der Waals surface area (Å²) in [7, 11) is 0. The Kier molecular flexibility index (Phi) is 4.30. The average molecular weight is 376 g/mol. The van der Waals surface area contributed by atoms with E-state index < -0.39 is 10.7 Å². The number of nitro benzene ring substituents is 1. The molecular weight excluding hydrogens is 366 g/mol. The fourth-order valence-electron chi connectivity index (χ4n) is 1.57. The fraction of sp³-hybridized carbons (Fsp3) is 0.182. The molecule has 0 unspecified atom stereocenters. The molecule has 8 heteroatoms. The third kappa shape index (κ3) is 3.40. The summed E-state index contributed by atoms with van der Waals surface area (Å²) in [6, 6.07) is 4.14. The van der Waals surface area contributed by atoms with Gasteiger partial charge in [0.25, 0.3) is 5.69 Å². The van der Waals surface area contributed by atoms with Crippen molar-refractivity contribution < 1.29 is 9.31 Å². The molecule has 6 nitrogen and oxygen atoms in total. The van der Waals surface area contributed by atoms with Gasteiger partial charge in [-0.1, -0.05) is 0 Å². The second-order valence-corrected chi connectivity index (χ2v) is 4.90. The van der Waals surface area contributed by atoms with Crippen molar-refractivity contribution in [1.29, 1.82) is 0 Å². The number of hydrogen-bond acceptors (Lipinski definition) is 4. The summed E-state index contributed by atoms with van der Waals surface area (Å²) in [5.74, 6) is -0.479. The van der Waals surface area contributed by atoms with Crippen LogP contribution in [0.2, 0.25) is 0 Å². The Morgan fingerprint density at radius 2 is 2.32 bits per heavy atom. The Morgan fingerprint density at radius 1 is 1.53 bits per heavy atom. The molecule has 19 heavy (non-hydrogen) atoms. The van der Waals surface area contributed by atoms with E-state index >= 15 is 0 Å². The fourth-order valence-corrected chi connectivity index (χ4v) is 2.02. The van der Waals surface area contributed by atoms with Gasteiger partial charge in [0.05, 0.1) is 15.0 Å². The van der Waals surface area contributed by atoms with Crippen molar-refractivity contribution >= 4 is 34.0 Å². The minimum atomic E-state index is -0.530. The second kappa shape index (κ2) is 5.95.